The van der Waals surface area contributed by atoms with Crippen LogP contribution in [0.3, 0.4) is 0 Å². The largest absolute Gasteiger partial charge is 0.496 e. The van der Waals surface area contributed by atoms with Gasteiger partial charge in [0.15, 0.2) is 0 Å². The van der Waals surface area contributed by atoms with E-state index < -0.39 is 11.4 Å². The molecule has 0 amide bonds. The lowest BCUT2D eigenvalue weighted by Gasteiger charge is -2.32. The molecule has 0 saturated carbocycles. The Balaban J connectivity index is 3.23. The van der Waals surface area contributed by atoms with Crippen molar-refractivity contribution in [3.8, 4) is 5.75 Å². The highest BCUT2D eigenvalue weighted by Gasteiger charge is 2.41. The number of ether oxygens (including phenoxy) is 1. The highest BCUT2D eigenvalue weighted by atomic mass is 16.5. The predicted octanol–water partition coefficient (Wildman–Crippen LogP) is 1.51. The Kier molecular flexibility index (Phi) is 4.78. The Morgan fingerprint density at radius 1 is 1.47 bits per heavy atom. The third-order valence-electron chi connectivity index (χ3n) is 3.71. The van der Waals surface area contributed by atoms with Crippen LogP contribution in [0.5, 0.6) is 5.75 Å². The second kappa shape index (κ2) is 5.93. The van der Waals surface area contributed by atoms with E-state index in [9.17, 15) is 9.90 Å². The molecule has 0 fully saturated rings. The molecule has 5 N–H and O–H groups in total. The van der Waals surface area contributed by atoms with Gasteiger partial charge < -0.3 is 21.3 Å². The molecule has 0 aliphatic heterocycles. The molecule has 0 bridgehead atoms. The molecule has 0 spiro atoms. The van der Waals surface area contributed by atoms with Crippen LogP contribution in [-0.2, 0) is 11.2 Å². The smallest absolute Gasteiger partial charge is 0.311 e. The number of carboxylic acid groups (broad SMARTS) is 1. The van der Waals surface area contributed by atoms with Gasteiger partial charge in [-0.15, -0.1) is 0 Å². The summed E-state index contributed by atoms with van der Waals surface area (Å²) in [6.07, 6.45) is 0.296. The summed E-state index contributed by atoms with van der Waals surface area (Å²) in [5.41, 5.74) is 11.8. The van der Waals surface area contributed by atoms with Crippen molar-refractivity contribution in [3.63, 3.8) is 0 Å². The van der Waals surface area contributed by atoms with Crippen molar-refractivity contribution in [2.45, 2.75) is 20.3 Å². The number of hydrogen-bond donors (Lipinski definition) is 3. The Labute approximate surface area is 113 Å². The van der Waals surface area contributed by atoms with E-state index in [1.165, 1.54) is 0 Å². The van der Waals surface area contributed by atoms with Crippen LogP contribution in [-0.4, -0.2) is 24.7 Å². The van der Waals surface area contributed by atoms with E-state index in [0.717, 1.165) is 5.56 Å². The quantitative estimate of drug-likeness (QED) is 0.678. The maximum Gasteiger partial charge on any atom is 0.311 e. The van der Waals surface area contributed by atoms with Crippen molar-refractivity contribution < 1.29 is 14.6 Å². The first-order valence-corrected chi connectivity index (χ1v) is 6.23. The third kappa shape index (κ3) is 2.98. The summed E-state index contributed by atoms with van der Waals surface area (Å²) in [6, 6.07) is 5.21. The molecule has 0 aromatic heterocycles. The maximum atomic E-state index is 11.6. The van der Waals surface area contributed by atoms with Crippen LogP contribution in [0, 0.1) is 11.3 Å². The monoisotopic (exact) mass is 266 g/mol. The van der Waals surface area contributed by atoms with E-state index in [1.807, 2.05) is 13.8 Å². The van der Waals surface area contributed by atoms with Gasteiger partial charge in [0.25, 0.3) is 0 Å². The number of hydrogen-bond acceptors (Lipinski definition) is 4. The average Bonchev–Trinajstić information content (AvgIpc) is 2.35. The Bertz CT molecular complexity index is 460. The summed E-state index contributed by atoms with van der Waals surface area (Å²) in [5.74, 6) is -0.357. The van der Waals surface area contributed by atoms with Crippen molar-refractivity contribution in [1.29, 1.82) is 0 Å². The summed E-state index contributed by atoms with van der Waals surface area (Å²) in [7, 11) is 1.55. The van der Waals surface area contributed by atoms with Crippen LogP contribution < -0.4 is 16.2 Å². The summed E-state index contributed by atoms with van der Waals surface area (Å²) in [6.45, 7) is 3.79. The number of nitrogens with two attached hydrogens (primary N) is 2. The lowest BCUT2D eigenvalue weighted by Crippen LogP contribution is -2.45. The zero-order chi connectivity index (χ0) is 14.6. The van der Waals surface area contributed by atoms with Crippen molar-refractivity contribution in [2.75, 3.05) is 19.4 Å². The van der Waals surface area contributed by atoms with Gasteiger partial charge in [-0.2, -0.15) is 0 Å². The minimum atomic E-state index is -1.01. The highest BCUT2D eigenvalue weighted by molar-refractivity contribution is 5.76. The molecule has 0 aliphatic rings. The average molecular weight is 266 g/mol. The molecule has 1 aromatic carbocycles. The number of rotatable bonds is 6. The van der Waals surface area contributed by atoms with Crippen LogP contribution in [0.4, 0.5) is 5.69 Å². The normalized spacial score (nSPS) is 14.2. The number of carbonyl (C=O) groups is 1. The van der Waals surface area contributed by atoms with Crippen LogP contribution in [0.15, 0.2) is 18.2 Å². The number of nitrogen functional groups attached to an aromatic ring is 1. The molecule has 0 saturated heterocycles. The Morgan fingerprint density at radius 3 is 2.53 bits per heavy atom. The second-order valence-electron chi connectivity index (χ2n) is 5.07. The zero-order valence-electron chi connectivity index (χ0n) is 11.6. The molecule has 0 radical (unpaired) electrons. The van der Waals surface area contributed by atoms with Gasteiger partial charge in [-0.05, 0) is 36.1 Å². The topological polar surface area (TPSA) is 98.6 Å². The fourth-order valence-corrected chi connectivity index (χ4v) is 2.20. The molecular weight excluding hydrogens is 244 g/mol. The van der Waals surface area contributed by atoms with E-state index in [4.69, 9.17) is 16.2 Å². The van der Waals surface area contributed by atoms with Crippen LogP contribution in [0.1, 0.15) is 19.4 Å². The van der Waals surface area contributed by atoms with Crippen LogP contribution in [0.25, 0.3) is 0 Å². The fourth-order valence-electron chi connectivity index (χ4n) is 2.20. The lowest BCUT2D eigenvalue weighted by molar-refractivity contribution is -0.151. The molecule has 1 unspecified atom stereocenters. The number of benzene rings is 1. The summed E-state index contributed by atoms with van der Waals surface area (Å²) in [4.78, 5) is 11.6. The molecule has 1 aromatic rings. The van der Waals surface area contributed by atoms with Crippen molar-refractivity contribution in [2.24, 2.45) is 17.1 Å². The molecule has 106 valence electrons. The summed E-state index contributed by atoms with van der Waals surface area (Å²) >= 11 is 0. The van der Waals surface area contributed by atoms with Crippen molar-refractivity contribution in [3.05, 3.63) is 23.8 Å². The number of anilines is 1. The molecule has 1 atom stereocenters. The van der Waals surface area contributed by atoms with Crippen molar-refractivity contribution in [1.82, 2.24) is 0 Å². The molecule has 19 heavy (non-hydrogen) atoms. The van der Waals surface area contributed by atoms with E-state index in [0.29, 0.717) is 17.9 Å². The lowest BCUT2D eigenvalue weighted by atomic mass is 9.72. The summed E-state index contributed by atoms with van der Waals surface area (Å²) in [5, 5.41) is 9.54. The van der Waals surface area contributed by atoms with Crippen LogP contribution >= 0.6 is 0 Å². The second-order valence-corrected chi connectivity index (χ2v) is 5.07. The van der Waals surface area contributed by atoms with Crippen molar-refractivity contribution >= 4 is 11.7 Å². The Morgan fingerprint density at radius 2 is 2.11 bits per heavy atom. The SMILES string of the molecule is COc1ccc(N)cc1CC(CN)(C(=O)O)C(C)C. The fraction of sp³-hybridized carbons (Fsp3) is 0.500. The molecule has 0 heterocycles. The predicted molar refractivity (Wildman–Crippen MR) is 75.1 cm³/mol. The summed E-state index contributed by atoms with van der Waals surface area (Å²) < 4.78 is 5.26. The first-order valence-electron chi connectivity index (χ1n) is 6.23. The zero-order valence-corrected chi connectivity index (χ0v) is 11.6. The molecule has 5 nitrogen and oxygen atoms in total. The van der Waals surface area contributed by atoms with Gasteiger partial charge in [0.05, 0.1) is 12.5 Å². The highest BCUT2D eigenvalue weighted by Crippen LogP contribution is 2.35. The van der Waals surface area contributed by atoms with Gasteiger partial charge in [-0.1, -0.05) is 13.8 Å². The van der Waals surface area contributed by atoms with E-state index in [2.05, 4.69) is 0 Å². The van der Waals surface area contributed by atoms with Gasteiger partial charge in [-0.3, -0.25) is 4.79 Å². The van der Waals surface area contributed by atoms with Gasteiger partial charge in [0.1, 0.15) is 5.75 Å². The number of aliphatic carboxylic acids is 1. The standard InChI is InChI=1S/C14H22N2O3/c1-9(2)14(8-15,13(17)18)7-10-6-11(16)4-5-12(10)19-3/h4-6,9H,7-8,15-16H2,1-3H3,(H,17,18). The molecule has 1 rings (SSSR count). The van der Waals surface area contributed by atoms with Gasteiger partial charge in [0.2, 0.25) is 0 Å². The van der Waals surface area contributed by atoms with Gasteiger partial charge >= 0.3 is 5.97 Å². The minimum absolute atomic E-state index is 0.0674. The molecular formula is C14H22N2O3. The maximum absolute atomic E-state index is 11.6. The number of methoxy groups -OCH3 is 1. The first kappa shape index (κ1) is 15.3. The molecule has 0 aliphatic carbocycles. The Hall–Kier alpha value is -1.75. The van der Waals surface area contributed by atoms with Crippen LogP contribution in [0.2, 0.25) is 0 Å². The third-order valence-corrected chi connectivity index (χ3v) is 3.71. The number of carboxylic acids is 1. The van der Waals surface area contributed by atoms with Gasteiger partial charge in [-0.25, -0.2) is 0 Å². The first-order chi connectivity index (χ1) is 8.87. The van der Waals surface area contributed by atoms with Gasteiger partial charge in [0, 0.05) is 12.2 Å². The molecule has 5 heteroatoms. The van der Waals surface area contributed by atoms with E-state index >= 15 is 0 Å². The van der Waals surface area contributed by atoms with E-state index in [1.54, 1.807) is 25.3 Å². The minimum Gasteiger partial charge on any atom is -0.496 e. The van der Waals surface area contributed by atoms with E-state index in [-0.39, 0.29) is 12.5 Å².